The fourth-order valence-electron chi connectivity index (χ4n) is 4.65. The third kappa shape index (κ3) is 10.3. The van der Waals surface area contributed by atoms with E-state index < -0.39 is 6.36 Å². The molecule has 1 N–H and O–H groups in total. The maximum Gasteiger partial charge on any atom is 0.573 e. The lowest BCUT2D eigenvalue weighted by molar-refractivity contribution is -0.274. The van der Waals surface area contributed by atoms with Crippen LogP contribution in [0.2, 0.25) is 0 Å². The summed E-state index contributed by atoms with van der Waals surface area (Å²) in [5.74, 6) is -0.436. The minimum absolute atomic E-state index is 0.163. The van der Waals surface area contributed by atoms with E-state index in [0.29, 0.717) is 18.2 Å². The number of alkyl halides is 3. The van der Waals surface area contributed by atoms with Crippen molar-refractivity contribution >= 4 is 5.91 Å². The number of halogens is 3. The summed E-state index contributed by atoms with van der Waals surface area (Å²) in [5, 5.41) is 2.96. The van der Waals surface area contributed by atoms with Crippen molar-refractivity contribution in [1.29, 1.82) is 0 Å². The molecule has 2 aromatic carbocycles. The second-order valence-electron chi connectivity index (χ2n) is 10.3. The molecule has 1 heterocycles. The molecule has 1 aliphatic rings. The molecule has 1 amide bonds. The Kier molecular flexibility index (Phi) is 11.6. The van der Waals surface area contributed by atoms with Crippen LogP contribution in [0.5, 0.6) is 5.75 Å². The first-order valence-corrected chi connectivity index (χ1v) is 13.7. The van der Waals surface area contributed by atoms with E-state index in [1.165, 1.54) is 17.7 Å². The van der Waals surface area contributed by atoms with E-state index in [1.54, 1.807) is 36.4 Å². The van der Waals surface area contributed by atoms with Crippen LogP contribution in [0.3, 0.4) is 0 Å². The Bertz CT molecular complexity index is 1160. The standard InChI is InChI=1S/C32H40F3N3O2/c1-5-26(9-8-24(2)23-25(3)38-21-19-37(4)20-22-38)7-6-18-36-31(39)29-12-10-27(11-13-29)28-14-16-30(17-15-28)40-32(33,34)35/h5,8-17,25H,2,6-7,18-23H2,1,3-4H3,(H,36,39)/b9-8-,26-5-. The summed E-state index contributed by atoms with van der Waals surface area (Å²) in [6.45, 7) is 13.5. The lowest BCUT2D eigenvalue weighted by Crippen LogP contribution is -2.48. The topological polar surface area (TPSA) is 44.8 Å². The zero-order chi connectivity index (χ0) is 29.1. The van der Waals surface area contributed by atoms with Gasteiger partial charge in [0.1, 0.15) is 5.75 Å². The van der Waals surface area contributed by atoms with E-state index in [4.69, 9.17) is 0 Å². The van der Waals surface area contributed by atoms with Gasteiger partial charge in [0.05, 0.1) is 0 Å². The molecule has 0 radical (unpaired) electrons. The second-order valence-corrected chi connectivity index (χ2v) is 10.3. The number of hydrogen-bond acceptors (Lipinski definition) is 4. The van der Waals surface area contributed by atoms with E-state index in [2.05, 4.69) is 58.6 Å². The van der Waals surface area contributed by atoms with Gasteiger partial charge in [-0.2, -0.15) is 0 Å². The van der Waals surface area contributed by atoms with Gasteiger partial charge in [0.2, 0.25) is 0 Å². The molecular weight excluding hydrogens is 515 g/mol. The maximum atomic E-state index is 12.6. The van der Waals surface area contributed by atoms with Crippen molar-refractivity contribution in [3.05, 3.63) is 90.0 Å². The average molecular weight is 556 g/mol. The molecule has 8 heteroatoms. The smallest absolute Gasteiger partial charge is 0.406 e. The number of likely N-dealkylation sites (N-methyl/N-ethyl adjacent to an activating group) is 1. The fraction of sp³-hybridized carbons (Fsp3) is 0.406. The summed E-state index contributed by atoms with van der Waals surface area (Å²) in [5.41, 5.74) is 4.37. The van der Waals surface area contributed by atoms with Crippen LogP contribution in [0.1, 0.15) is 43.5 Å². The number of piperazine rings is 1. The number of hydrogen-bond donors (Lipinski definition) is 1. The highest BCUT2D eigenvalue weighted by atomic mass is 19.4. The predicted molar refractivity (Wildman–Crippen MR) is 155 cm³/mol. The van der Waals surface area contributed by atoms with Gasteiger partial charge in [-0.15, -0.1) is 13.2 Å². The molecule has 1 unspecified atom stereocenters. The normalized spacial score (nSPS) is 16.2. The number of carbonyl (C=O) groups excluding carboxylic acids is 1. The van der Waals surface area contributed by atoms with Gasteiger partial charge in [-0.05, 0) is 75.5 Å². The Morgan fingerprint density at radius 2 is 1.62 bits per heavy atom. The van der Waals surface area contributed by atoms with Gasteiger partial charge < -0.3 is 15.0 Å². The van der Waals surface area contributed by atoms with Crippen LogP contribution in [0.25, 0.3) is 11.1 Å². The third-order valence-corrected chi connectivity index (χ3v) is 7.12. The van der Waals surface area contributed by atoms with Crippen LogP contribution < -0.4 is 10.1 Å². The van der Waals surface area contributed by atoms with Gasteiger partial charge in [-0.25, -0.2) is 0 Å². The molecule has 1 saturated heterocycles. The third-order valence-electron chi connectivity index (χ3n) is 7.12. The number of ether oxygens (including phenoxy) is 1. The molecule has 1 aliphatic heterocycles. The minimum atomic E-state index is -4.72. The van der Waals surface area contributed by atoms with Crippen LogP contribution in [0.4, 0.5) is 13.2 Å². The molecule has 5 nitrogen and oxygen atoms in total. The number of benzene rings is 2. The monoisotopic (exact) mass is 555 g/mol. The lowest BCUT2D eigenvalue weighted by atomic mass is 10.0. The van der Waals surface area contributed by atoms with Crippen molar-refractivity contribution in [3.8, 4) is 16.9 Å². The van der Waals surface area contributed by atoms with E-state index in [1.807, 2.05) is 6.92 Å². The summed E-state index contributed by atoms with van der Waals surface area (Å²) in [7, 11) is 2.17. The van der Waals surface area contributed by atoms with Crippen molar-refractivity contribution in [2.24, 2.45) is 0 Å². The summed E-state index contributed by atoms with van der Waals surface area (Å²) in [6.07, 6.45) is 4.21. The first kappa shape index (κ1) is 31.2. The largest absolute Gasteiger partial charge is 0.573 e. The molecular formula is C32H40F3N3O2. The number of amides is 1. The van der Waals surface area contributed by atoms with Crippen molar-refractivity contribution in [1.82, 2.24) is 15.1 Å². The Morgan fingerprint density at radius 3 is 2.20 bits per heavy atom. The van der Waals surface area contributed by atoms with E-state index in [0.717, 1.165) is 62.1 Å². The van der Waals surface area contributed by atoms with Gasteiger partial charge in [0.15, 0.2) is 0 Å². The molecule has 1 fully saturated rings. The van der Waals surface area contributed by atoms with Crippen molar-refractivity contribution < 1.29 is 22.7 Å². The number of nitrogens with one attached hydrogen (secondary N) is 1. The first-order chi connectivity index (χ1) is 19.0. The van der Waals surface area contributed by atoms with Crippen LogP contribution in [0, 0.1) is 0 Å². The van der Waals surface area contributed by atoms with Crippen LogP contribution >= 0.6 is 0 Å². The highest BCUT2D eigenvalue weighted by Gasteiger charge is 2.31. The zero-order valence-corrected chi connectivity index (χ0v) is 23.6. The molecule has 2 aromatic rings. The van der Waals surface area contributed by atoms with Gasteiger partial charge in [-0.3, -0.25) is 9.69 Å². The zero-order valence-electron chi connectivity index (χ0n) is 23.6. The summed E-state index contributed by atoms with van der Waals surface area (Å²) < 4.78 is 40.9. The van der Waals surface area contributed by atoms with Crippen LogP contribution in [-0.4, -0.2) is 67.9 Å². The van der Waals surface area contributed by atoms with Crippen molar-refractivity contribution in [2.45, 2.75) is 45.5 Å². The number of carbonyl (C=O) groups is 1. The molecule has 1 atom stereocenters. The lowest BCUT2D eigenvalue weighted by Gasteiger charge is -2.36. The van der Waals surface area contributed by atoms with Gasteiger partial charge in [0.25, 0.3) is 5.91 Å². The molecule has 0 aromatic heterocycles. The highest BCUT2D eigenvalue weighted by Crippen LogP contribution is 2.26. The highest BCUT2D eigenvalue weighted by molar-refractivity contribution is 5.94. The average Bonchev–Trinajstić information content (AvgIpc) is 2.92. The fourth-order valence-corrected chi connectivity index (χ4v) is 4.65. The molecule has 3 rings (SSSR count). The minimum Gasteiger partial charge on any atom is -0.406 e. The molecule has 0 spiro atoms. The van der Waals surface area contributed by atoms with Gasteiger partial charge >= 0.3 is 6.36 Å². The van der Waals surface area contributed by atoms with Crippen molar-refractivity contribution in [2.75, 3.05) is 39.8 Å². The Hall–Kier alpha value is -3.36. The summed E-state index contributed by atoms with van der Waals surface area (Å²) in [4.78, 5) is 17.5. The summed E-state index contributed by atoms with van der Waals surface area (Å²) >= 11 is 0. The number of rotatable bonds is 12. The number of allylic oxidation sites excluding steroid dienone is 4. The molecule has 216 valence electrons. The maximum absolute atomic E-state index is 12.6. The van der Waals surface area contributed by atoms with Crippen LogP contribution in [0.15, 0.2) is 84.5 Å². The van der Waals surface area contributed by atoms with E-state index in [-0.39, 0.29) is 11.7 Å². The Labute approximate surface area is 236 Å². The Morgan fingerprint density at radius 1 is 1.02 bits per heavy atom. The summed E-state index contributed by atoms with van der Waals surface area (Å²) in [6, 6.07) is 13.1. The quantitative estimate of drug-likeness (QED) is 0.230. The number of nitrogens with zero attached hydrogens (tertiary/aromatic N) is 2. The second kappa shape index (κ2) is 14.9. The van der Waals surface area contributed by atoms with Gasteiger partial charge in [0, 0.05) is 44.3 Å². The van der Waals surface area contributed by atoms with Crippen molar-refractivity contribution in [3.63, 3.8) is 0 Å². The predicted octanol–water partition coefficient (Wildman–Crippen LogP) is 6.85. The molecule has 0 aliphatic carbocycles. The SMILES string of the molecule is C=C(/C=C\C(=C/C)CCCNC(=O)c1ccc(-c2ccc(OC(F)(F)F)cc2)cc1)CC(C)N1CCN(C)CC1. The molecule has 0 saturated carbocycles. The Balaban J connectivity index is 1.39. The van der Waals surface area contributed by atoms with Gasteiger partial charge in [-0.1, -0.05) is 60.2 Å². The van der Waals surface area contributed by atoms with Crippen LogP contribution in [-0.2, 0) is 0 Å². The first-order valence-electron chi connectivity index (χ1n) is 13.7. The van der Waals surface area contributed by atoms with E-state index >= 15 is 0 Å². The molecule has 0 bridgehead atoms. The van der Waals surface area contributed by atoms with E-state index in [9.17, 15) is 18.0 Å². The molecule has 40 heavy (non-hydrogen) atoms.